The van der Waals surface area contributed by atoms with Gasteiger partial charge in [-0.05, 0) is 38.5 Å². The summed E-state index contributed by atoms with van der Waals surface area (Å²) in [5.41, 5.74) is 0. The molecular weight excluding hydrogens is 280 g/mol. The Balaban J connectivity index is 0.000000626. The van der Waals surface area contributed by atoms with Gasteiger partial charge in [0.2, 0.25) is 0 Å². The molecule has 1 rings (SSSR count). The Morgan fingerprint density at radius 2 is 2.05 bits per heavy atom. The van der Waals surface area contributed by atoms with Gasteiger partial charge in [0.05, 0.1) is 0 Å². The molecule has 1 aliphatic rings. The summed E-state index contributed by atoms with van der Waals surface area (Å²) in [6, 6.07) is 0. The summed E-state index contributed by atoms with van der Waals surface area (Å²) in [7, 11) is 0. The molecule has 0 radical (unpaired) electrons. The maximum absolute atomic E-state index is 11.1. The van der Waals surface area contributed by atoms with Gasteiger partial charge in [-0.3, -0.25) is 4.79 Å². The van der Waals surface area contributed by atoms with Crippen molar-refractivity contribution in [2.75, 3.05) is 0 Å². The molecule has 0 aromatic carbocycles. The first-order valence-electron chi connectivity index (χ1n) is 8.11. The van der Waals surface area contributed by atoms with Crippen molar-refractivity contribution in [3.63, 3.8) is 0 Å². The number of carboxylic acids is 1. The van der Waals surface area contributed by atoms with E-state index in [0.29, 0.717) is 11.8 Å². The van der Waals surface area contributed by atoms with E-state index in [9.17, 15) is 9.59 Å². The number of hydrogen-bond donors (Lipinski definition) is 1. The highest BCUT2D eigenvalue weighted by atomic mass is 16.5. The molecule has 1 saturated carbocycles. The van der Waals surface area contributed by atoms with Gasteiger partial charge in [-0.15, -0.1) is 6.58 Å². The molecule has 0 aliphatic heterocycles. The van der Waals surface area contributed by atoms with Crippen LogP contribution in [0, 0.1) is 11.8 Å². The Hall–Kier alpha value is -1.58. The van der Waals surface area contributed by atoms with Gasteiger partial charge in [0.1, 0.15) is 6.10 Å². The van der Waals surface area contributed by atoms with Crippen molar-refractivity contribution < 1.29 is 19.4 Å². The number of esters is 1. The molecule has 3 unspecified atom stereocenters. The lowest BCUT2D eigenvalue weighted by atomic mass is 9.75. The van der Waals surface area contributed by atoms with Gasteiger partial charge in [0.15, 0.2) is 0 Å². The number of rotatable bonds is 6. The minimum absolute atomic E-state index is 0.126. The summed E-state index contributed by atoms with van der Waals surface area (Å²) in [6.45, 7) is 9.29. The monoisotopic (exact) mass is 310 g/mol. The topological polar surface area (TPSA) is 63.6 Å². The van der Waals surface area contributed by atoms with Crippen LogP contribution in [-0.2, 0) is 14.3 Å². The lowest BCUT2D eigenvalue weighted by molar-refractivity contribution is -0.152. The predicted molar refractivity (Wildman–Crippen MR) is 88.6 cm³/mol. The molecule has 1 N–H and O–H groups in total. The molecular formula is C18H30O4. The summed E-state index contributed by atoms with van der Waals surface area (Å²) in [4.78, 5) is 20.6. The van der Waals surface area contributed by atoms with Crippen molar-refractivity contribution in [1.82, 2.24) is 0 Å². The zero-order valence-electron chi connectivity index (χ0n) is 14.1. The molecule has 1 aliphatic carbocycles. The highest BCUT2D eigenvalue weighted by Crippen LogP contribution is 2.36. The molecule has 3 atom stereocenters. The van der Waals surface area contributed by atoms with Crippen LogP contribution in [0.5, 0.6) is 0 Å². The highest BCUT2D eigenvalue weighted by Gasteiger charge is 2.32. The maximum Gasteiger partial charge on any atom is 0.327 e. The molecule has 0 aromatic rings. The third-order valence-corrected chi connectivity index (χ3v) is 3.87. The average molecular weight is 310 g/mol. The first-order valence-corrected chi connectivity index (χ1v) is 8.11. The van der Waals surface area contributed by atoms with Gasteiger partial charge in [-0.1, -0.05) is 31.9 Å². The van der Waals surface area contributed by atoms with Crippen molar-refractivity contribution in [3.05, 3.63) is 24.8 Å². The first-order chi connectivity index (χ1) is 10.5. The Bertz CT molecular complexity index is 373. The SMILES string of the molecule is C=CC1CCCC(OC(C)=O)C1CCCC.CC=CC(=O)O. The van der Waals surface area contributed by atoms with Crippen molar-refractivity contribution >= 4 is 11.9 Å². The Kier molecular flexibility index (Phi) is 11.2. The van der Waals surface area contributed by atoms with E-state index in [4.69, 9.17) is 9.84 Å². The standard InChI is InChI=1S/C14H24O2.C4H6O2/c1-4-6-9-13-12(5-2)8-7-10-14(13)16-11(3)15;1-2-3-4(5)6/h5,12-14H,2,4,6-10H2,1,3H3;2-3H,1H3,(H,5,6). The van der Waals surface area contributed by atoms with Crippen LogP contribution in [0.1, 0.15) is 59.3 Å². The molecule has 1 fully saturated rings. The number of aliphatic carboxylic acids is 1. The molecule has 22 heavy (non-hydrogen) atoms. The summed E-state index contributed by atoms with van der Waals surface area (Å²) < 4.78 is 5.45. The minimum atomic E-state index is -0.891. The molecule has 0 spiro atoms. The van der Waals surface area contributed by atoms with Crippen LogP contribution in [0.4, 0.5) is 0 Å². The van der Waals surface area contributed by atoms with E-state index in [0.717, 1.165) is 25.3 Å². The maximum atomic E-state index is 11.1. The van der Waals surface area contributed by atoms with E-state index in [1.54, 1.807) is 6.92 Å². The summed E-state index contributed by atoms with van der Waals surface area (Å²) in [5.74, 6) is -0.00605. The van der Waals surface area contributed by atoms with Crippen LogP contribution in [0.2, 0.25) is 0 Å². The number of hydrogen-bond acceptors (Lipinski definition) is 3. The van der Waals surface area contributed by atoms with Crippen molar-refractivity contribution in [2.45, 2.75) is 65.4 Å². The van der Waals surface area contributed by atoms with E-state index in [1.165, 1.54) is 32.3 Å². The van der Waals surface area contributed by atoms with Gasteiger partial charge >= 0.3 is 11.9 Å². The number of allylic oxidation sites excluding steroid dienone is 2. The quantitative estimate of drug-likeness (QED) is 0.450. The smallest absolute Gasteiger partial charge is 0.327 e. The van der Waals surface area contributed by atoms with Crippen LogP contribution in [0.15, 0.2) is 24.8 Å². The van der Waals surface area contributed by atoms with Crippen LogP contribution in [0.3, 0.4) is 0 Å². The van der Waals surface area contributed by atoms with Crippen LogP contribution >= 0.6 is 0 Å². The van der Waals surface area contributed by atoms with Gasteiger partial charge in [0, 0.05) is 18.9 Å². The molecule has 0 saturated heterocycles. The molecule has 4 nitrogen and oxygen atoms in total. The van der Waals surface area contributed by atoms with Gasteiger partial charge in [-0.25, -0.2) is 4.79 Å². The molecule has 4 heteroatoms. The molecule has 0 amide bonds. The number of carbonyl (C=O) groups excluding carboxylic acids is 1. The zero-order chi connectivity index (χ0) is 17.0. The fourth-order valence-electron chi connectivity index (χ4n) is 2.89. The van der Waals surface area contributed by atoms with Gasteiger partial charge in [-0.2, -0.15) is 0 Å². The minimum Gasteiger partial charge on any atom is -0.478 e. The third-order valence-electron chi connectivity index (χ3n) is 3.87. The van der Waals surface area contributed by atoms with E-state index in [2.05, 4.69) is 19.6 Å². The Morgan fingerprint density at radius 1 is 1.36 bits per heavy atom. The summed E-state index contributed by atoms with van der Waals surface area (Å²) >= 11 is 0. The van der Waals surface area contributed by atoms with E-state index in [-0.39, 0.29) is 12.1 Å². The van der Waals surface area contributed by atoms with E-state index in [1.807, 2.05) is 0 Å². The first kappa shape index (κ1) is 20.4. The van der Waals surface area contributed by atoms with Crippen LogP contribution < -0.4 is 0 Å². The largest absolute Gasteiger partial charge is 0.478 e. The lowest BCUT2D eigenvalue weighted by Crippen LogP contribution is -2.34. The number of unbranched alkanes of at least 4 members (excludes halogenated alkanes) is 1. The second-order valence-corrected chi connectivity index (χ2v) is 5.62. The predicted octanol–water partition coefficient (Wildman–Crippen LogP) is 4.36. The average Bonchev–Trinajstić information content (AvgIpc) is 2.45. The Morgan fingerprint density at radius 3 is 2.45 bits per heavy atom. The van der Waals surface area contributed by atoms with Gasteiger partial charge in [0.25, 0.3) is 0 Å². The van der Waals surface area contributed by atoms with Crippen LogP contribution in [-0.4, -0.2) is 23.1 Å². The van der Waals surface area contributed by atoms with Crippen molar-refractivity contribution in [1.29, 1.82) is 0 Å². The normalized spacial score (nSPS) is 24.2. The van der Waals surface area contributed by atoms with Crippen molar-refractivity contribution in [2.24, 2.45) is 11.8 Å². The van der Waals surface area contributed by atoms with E-state index < -0.39 is 5.97 Å². The van der Waals surface area contributed by atoms with Crippen molar-refractivity contribution in [3.8, 4) is 0 Å². The lowest BCUT2D eigenvalue weighted by Gasteiger charge is -2.36. The summed E-state index contributed by atoms with van der Waals surface area (Å²) in [5, 5.41) is 7.83. The molecule has 0 bridgehead atoms. The third kappa shape index (κ3) is 8.65. The molecule has 0 aromatic heterocycles. The molecule has 126 valence electrons. The number of carbonyl (C=O) groups is 2. The fraction of sp³-hybridized carbons (Fsp3) is 0.667. The number of ether oxygens (including phenoxy) is 1. The molecule has 0 heterocycles. The highest BCUT2D eigenvalue weighted by molar-refractivity contribution is 5.79. The van der Waals surface area contributed by atoms with E-state index >= 15 is 0 Å². The zero-order valence-corrected chi connectivity index (χ0v) is 14.1. The fourth-order valence-corrected chi connectivity index (χ4v) is 2.89. The van der Waals surface area contributed by atoms with Crippen LogP contribution in [0.25, 0.3) is 0 Å². The second kappa shape index (κ2) is 12.0. The number of carboxylic acid groups (broad SMARTS) is 1. The Labute approximate surface area is 134 Å². The summed E-state index contributed by atoms with van der Waals surface area (Å²) in [6.07, 6.45) is 11.7. The second-order valence-electron chi connectivity index (χ2n) is 5.62. The van der Waals surface area contributed by atoms with Gasteiger partial charge < -0.3 is 9.84 Å².